The van der Waals surface area contributed by atoms with Gasteiger partial charge in [0.2, 0.25) is 0 Å². The van der Waals surface area contributed by atoms with Gasteiger partial charge in [0.1, 0.15) is 0 Å². The standard InChI is InChI=1S/C15H20N2O2/c1-11(7-15(18)19)8-16-9-12-10-17(2)14-6-4-3-5-13(12)14/h3-6,10-11,16H,7-9H2,1-2H3,(H,18,19). The fourth-order valence-electron chi connectivity index (χ4n) is 2.39. The summed E-state index contributed by atoms with van der Waals surface area (Å²) in [5.41, 5.74) is 2.47. The molecule has 1 unspecified atom stereocenters. The van der Waals surface area contributed by atoms with Crippen molar-refractivity contribution in [2.24, 2.45) is 13.0 Å². The van der Waals surface area contributed by atoms with Crippen molar-refractivity contribution >= 4 is 16.9 Å². The fraction of sp³-hybridized carbons (Fsp3) is 0.400. The Morgan fingerprint density at radius 3 is 2.89 bits per heavy atom. The second-order valence-electron chi connectivity index (χ2n) is 5.12. The maximum Gasteiger partial charge on any atom is 0.303 e. The molecule has 0 saturated carbocycles. The van der Waals surface area contributed by atoms with E-state index in [0.717, 1.165) is 13.1 Å². The number of benzene rings is 1. The van der Waals surface area contributed by atoms with Crippen molar-refractivity contribution in [1.82, 2.24) is 9.88 Å². The maximum atomic E-state index is 10.6. The summed E-state index contributed by atoms with van der Waals surface area (Å²) in [5.74, 6) is -0.591. The molecule has 1 aromatic carbocycles. The molecule has 0 saturated heterocycles. The van der Waals surface area contributed by atoms with E-state index in [0.29, 0.717) is 0 Å². The smallest absolute Gasteiger partial charge is 0.303 e. The Kier molecular flexibility index (Phi) is 4.22. The van der Waals surface area contributed by atoms with Crippen molar-refractivity contribution in [1.29, 1.82) is 0 Å². The van der Waals surface area contributed by atoms with E-state index >= 15 is 0 Å². The van der Waals surface area contributed by atoms with Crippen molar-refractivity contribution < 1.29 is 9.90 Å². The summed E-state index contributed by atoms with van der Waals surface area (Å²) in [5, 5.41) is 13.3. The lowest BCUT2D eigenvalue weighted by molar-refractivity contribution is -0.137. The molecule has 4 heteroatoms. The molecule has 1 aromatic heterocycles. The van der Waals surface area contributed by atoms with Crippen LogP contribution >= 0.6 is 0 Å². The topological polar surface area (TPSA) is 54.3 Å². The van der Waals surface area contributed by atoms with Gasteiger partial charge in [-0.3, -0.25) is 4.79 Å². The van der Waals surface area contributed by atoms with Crippen molar-refractivity contribution in [3.63, 3.8) is 0 Å². The Bertz CT molecular complexity index is 575. The highest BCUT2D eigenvalue weighted by Gasteiger charge is 2.08. The molecular formula is C15H20N2O2. The quantitative estimate of drug-likeness (QED) is 0.838. The van der Waals surface area contributed by atoms with E-state index in [4.69, 9.17) is 5.11 Å². The number of carboxylic acid groups (broad SMARTS) is 1. The van der Waals surface area contributed by atoms with Gasteiger partial charge < -0.3 is 15.0 Å². The first-order valence-corrected chi connectivity index (χ1v) is 6.53. The number of carbonyl (C=O) groups is 1. The average Bonchev–Trinajstić information content (AvgIpc) is 2.66. The molecule has 0 bridgehead atoms. The van der Waals surface area contributed by atoms with Crippen LogP contribution in [0.15, 0.2) is 30.5 Å². The van der Waals surface area contributed by atoms with Crippen molar-refractivity contribution in [2.75, 3.05) is 6.54 Å². The highest BCUT2D eigenvalue weighted by Crippen LogP contribution is 2.19. The minimum absolute atomic E-state index is 0.146. The Balaban J connectivity index is 1.97. The summed E-state index contributed by atoms with van der Waals surface area (Å²) in [6.07, 6.45) is 2.34. The molecule has 2 aromatic rings. The van der Waals surface area contributed by atoms with Gasteiger partial charge in [0.15, 0.2) is 0 Å². The van der Waals surface area contributed by atoms with Gasteiger partial charge in [-0.2, -0.15) is 0 Å². The zero-order valence-corrected chi connectivity index (χ0v) is 11.4. The van der Waals surface area contributed by atoms with Crippen LogP contribution < -0.4 is 5.32 Å². The van der Waals surface area contributed by atoms with Crippen LogP contribution in [0.3, 0.4) is 0 Å². The van der Waals surface area contributed by atoms with Gasteiger partial charge in [0.25, 0.3) is 0 Å². The van der Waals surface area contributed by atoms with Gasteiger partial charge in [0.05, 0.1) is 0 Å². The number of carboxylic acids is 1. The normalized spacial score (nSPS) is 12.7. The zero-order chi connectivity index (χ0) is 13.8. The number of nitrogens with one attached hydrogen (secondary N) is 1. The third-order valence-corrected chi connectivity index (χ3v) is 3.31. The molecule has 4 nitrogen and oxygen atoms in total. The van der Waals surface area contributed by atoms with Crippen LogP contribution in [0.5, 0.6) is 0 Å². The molecule has 0 aliphatic rings. The molecule has 1 atom stereocenters. The lowest BCUT2D eigenvalue weighted by Crippen LogP contribution is -2.22. The number of para-hydroxylation sites is 1. The second-order valence-corrected chi connectivity index (χ2v) is 5.12. The van der Waals surface area contributed by atoms with Gasteiger partial charge in [-0.15, -0.1) is 0 Å². The predicted molar refractivity (Wildman–Crippen MR) is 76.0 cm³/mol. The minimum atomic E-state index is -0.737. The van der Waals surface area contributed by atoms with Crippen LogP contribution in [0.2, 0.25) is 0 Å². The van der Waals surface area contributed by atoms with E-state index in [1.807, 2.05) is 26.1 Å². The number of aryl methyl sites for hydroxylation is 1. The van der Waals surface area contributed by atoms with Crippen LogP contribution in [-0.2, 0) is 18.4 Å². The van der Waals surface area contributed by atoms with Gasteiger partial charge in [-0.1, -0.05) is 25.1 Å². The number of fused-ring (bicyclic) bond motifs is 1. The summed E-state index contributed by atoms with van der Waals surface area (Å²) in [7, 11) is 2.04. The molecule has 2 N–H and O–H groups in total. The number of aliphatic carboxylic acids is 1. The van der Waals surface area contributed by atoms with E-state index in [1.165, 1.54) is 16.5 Å². The van der Waals surface area contributed by atoms with Crippen molar-refractivity contribution in [3.05, 3.63) is 36.0 Å². The SMILES string of the molecule is CC(CNCc1cn(C)c2ccccc12)CC(=O)O. The van der Waals surface area contributed by atoms with Crippen LogP contribution in [0.1, 0.15) is 18.9 Å². The van der Waals surface area contributed by atoms with E-state index in [-0.39, 0.29) is 12.3 Å². The van der Waals surface area contributed by atoms with Gasteiger partial charge >= 0.3 is 5.97 Å². The van der Waals surface area contributed by atoms with Gasteiger partial charge in [-0.05, 0) is 24.1 Å². The molecule has 0 spiro atoms. The largest absolute Gasteiger partial charge is 0.481 e. The van der Waals surface area contributed by atoms with E-state index in [2.05, 4.69) is 28.2 Å². The summed E-state index contributed by atoms with van der Waals surface area (Å²) >= 11 is 0. The fourth-order valence-corrected chi connectivity index (χ4v) is 2.39. The van der Waals surface area contributed by atoms with Crippen molar-refractivity contribution in [3.8, 4) is 0 Å². The zero-order valence-electron chi connectivity index (χ0n) is 11.4. The predicted octanol–water partition coefficient (Wildman–Crippen LogP) is 2.38. The lowest BCUT2D eigenvalue weighted by Gasteiger charge is -2.09. The van der Waals surface area contributed by atoms with Crippen LogP contribution in [0.4, 0.5) is 0 Å². The first kappa shape index (κ1) is 13.6. The molecule has 0 amide bonds. The number of hydrogen-bond acceptors (Lipinski definition) is 2. The highest BCUT2D eigenvalue weighted by atomic mass is 16.4. The maximum absolute atomic E-state index is 10.6. The third-order valence-electron chi connectivity index (χ3n) is 3.31. The molecule has 0 fully saturated rings. The molecule has 2 rings (SSSR count). The summed E-state index contributed by atoms with van der Waals surface area (Å²) in [4.78, 5) is 10.6. The number of hydrogen-bond donors (Lipinski definition) is 2. The van der Waals surface area contributed by atoms with Gasteiger partial charge in [-0.25, -0.2) is 0 Å². The summed E-state index contributed by atoms with van der Waals surface area (Å²) in [6, 6.07) is 8.30. The Labute approximate surface area is 113 Å². The van der Waals surface area contributed by atoms with Gasteiger partial charge in [0, 0.05) is 37.1 Å². The third kappa shape index (κ3) is 3.35. The monoisotopic (exact) mass is 260 g/mol. The lowest BCUT2D eigenvalue weighted by atomic mass is 10.1. The summed E-state index contributed by atoms with van der Waals surface area (Å²) in [6.45, 7) is 3.44. The van der Waals surface area contributed by atoms with E-state index in [9.17, 15) is 4.79 Å². The number of aromatic nitrogens is 1. The molecule has 102 valence electrons. The molecule has 0 radical (unpaired) electrons. The molecule has 19 heavy (non-hydrogen) atoms. The Morgan fingerprint density at radius 2 is 2.16 bits per heavy atom. The minimum Gasteiger partial charge on any atom is -0.481 e. The van der Waals surface area contributed by atoms with Crippen molar-refractivity contribution in [2.45, 2.75) is 19.9 Å². The summed E-state index contributed by atoms with van der Waals surface area (Å²) < 4.78 is 2.12. The highest BCUT2D eigenvalue weighted by molar-refractivity contribution is 5.83. The molecule has 0 aliphatic carbocycles. The molecule has 0 aliphatic heterocycles. The Hall–Kier alpha value is -1.81. The van der Waals surface area contributed by atoms with Crippen LogP contribution in [0, 0.1) is 5.92 Å². The number of rotatable bonds is 6. The van der Waals surface area contributed by atoms with E-state index in [1.54, 1.807) is 0 Å². The van der Waals surface area contributed by atoms with Crippen LogP contribution in [0.25, 0.3) is 10.9 Å². The van der Waals surface area contributed by atoms with E-state index < -0.39 is 5.97 Å². The number of nitrogens with zero attached hydrogens (tertiary/aromatic N) is 1. The second kappa shape index (κ2) is 5.89. The van der Waals surface area contributed by atoms with Crippen LogP contribution in [-0.4, -0.2) is 22.2 Å². The molecule has 1 heterocycles. The Morgan fingerprint density at radius 1 is 1.42 bits per heavy atom. The first-order valence-electron chi connectivity index (χ1n) is 6.53. The average molecular weight is 260 g/mol. The first-order chi connectivity index (χ1) is 9.08. The molecular weight excluding hydrogens is 240 g/mol.